The van der Waals surface area contributed by atoms with Gasteiger partial charge in [0.05, 0.1) is 0 Å². The molecule has 4 aromatic rings. The Morgan fingerprint density at radius 1 is 0.571 bits per heavy atom. The minimum Gasteiger partial charge on any atom is -0.328 e. The van der Waals surface area contributed by atoms with Gasteiger partial charge in [-0.1, -0.05) is 114 Å². The third-order valence-electron chi connectivity index (χ3n) is 8.76. The van der Waals surface area contributed by atoms with Crippen molar-refractivity contribution in [2.24, 2.45) is 0 Å². The average molecular weight is 581 g/mol. The lowest BCUT2D eigenvalue weighted by Crippen LogP contribution is -2.21. The second kappa shape index (κ2) is 11.4. The normalized spacial score (nSPS) is 19.4. The highest BCUT2D eigenvalue weighted by Crippen LogP contribution is 2.57. The summed E-state index contributed by atoms with van der Waals surface area (Å²) in [6.45, 7) is 22.5. The Hall–Kier alpha value is -2.81. The van der Waals surface area contributed by atoms with E-state index in [1.54, 1.807) is 0 Å². The van der Waals surface area contributed by atoms with Crippen molar-refractivity contribution in [3.05, 3.63) is 128 Å². The Morgan fingerprint density at radius 2 is 0.905 bits per heavy atom. The molecular weight excluding hydrogens is 535 g/mol. The van der Waals surface area contributed by atoms with Crippen molar-refractivity contribution in [1.82, 2.24) is 0 Å². The SMILES string of the molecule is Cc1cc(C(C)(C)C)c2c(c1C)-c1c(C)c(C)cc(C(C)(C)C)c1[C@H](c1ccccc1)OP(O)OC2c1ccccc1. The van der Waals surface area contributed by atoms with Crippen LogP contribution in [0.5, 0.6) is 0 Å². The molecule has 1 aliphatic rings. The summed E-state index contributed by atoms with van der Waals surface area (Å²) in [4.78, 5) is 11.7. The second-order valence-electron chi connectivity index (χ2n) is 13.8. The molecule has 0 saturated heterocycles. The smallest absolute Gasteiger partial charge is 0.328 e. The highest BCUT2D eigenvalue weighted by molar-refractivity contribution is 7.40. The number of aryl methyl sites for hydroxylation is 2. The fourth-order valence-electron chi connectivity index (χ4n) is 6.32. The minimum absolute atomic E-state index is 0.171. The summed E-state index contributed by atoms with van der Waals surface area (Å²) in [5, 5.41) is 0. The first-order chi connectivity index (χ1) is 19.7. The molecule has 3 atom stereocenters. The maximum atomic E-state index is 11.7. The van der Waals surface area contributed by atoms with Crippen molar-refractivity contribution < 1.29 is 13.9 Å². The molecule has 0 fully saturated rings. The first kappa shape index (κ1) is 30.6. The van der Waals surface area contributed by atoms with Gasteiger partial charge in [0.15, 0.2) is 0 Å². The molecular formula is C38H45O3P. The number of hydrogen-bond acceptors (Lipinski definition) is 3. The summed E-state index contributed by atoms with van der Waals surface area (Å²) in [5.41, 5.74) is 13.7. The predicted octanol–water partition coefficient (Wildman–Crippen LogP) is 10.6. The van der Waals surface area contributed by atoms with E-state index in [0.29, 0.717) is 0 Å². The average Bonchev–Trinajstić information content (AvgIpc) is 2.98. The molecule has 0 amide bonds. The molecule has 220 valence electrons. The van der Waals surface area contributed by atoms with Crippen LogP contribution in [0, 0.1) is 27.7 Å². The van der Waals surface area contributed by atoms with Gasteiger partial charge in [0.25, 0.3) is 0 Å². The Morgan fingerprint density at radius 3 is 1.21 bits per heavy atom. The molecule has 5 rings (SSSR count). The summed E-state index contributed by atoms with van der Waals surface area (Å²) >= 11 is 0. The summed E-state index contributed by atoms with van der Waals surface area (Å²) in [5.74, 6) is 0. The van der Waals surface area contributed by atoms with Crippen LogP contribution in [0.3, 0.4) is 0 Å². The Kier molecular flexibility index (Phi) is 8.29. The van der Waals surface area contributed by atoms with Gasteiger partial charge in [-0.2, -0.15) is 0 Å². The fourth-order valence-corrected chi connectivity index (χ4v) is 7.19. The topological polar surface area (TPSA) is 38.7 Å². The van der Waals surface area contributed by atoms with E-state index in [2.05, 4.69) is 106 Å². The van der Waals surface area contributed by atoms with Gasteiger partial charge >= 0.3 is 8.60 Å². The summed E-state index contributed by atoms with van der Waals surface area (Å²) in [6, 6.07) is 25.2. The monoisotopic (exact) mass is 580 g/mol. The molecule has 0 radical (unpaired) electrons. The molecule has 1 aliphatic heterocycles. The quantitative estimate of drug-likeness (QED) is 0.240. The van der Waals surface area contributed by atoms with Crippen molar-refractivity contribution in [3.63, 3.8) is 0 Å². The molecule has 1 heterocycles. The molecule has 4 aromatic carbocycles. The lowest BCUT2D eigenvalue weighted by molar-refractivity contribution is 0.141. The summed E-state index contributed by atoms with van der Waals surface area (Å²) < 4.78 is 13.4. The van der Waals surface area contributed by atoms with Gasteiger partial charge in [-0.05, 0) is 105 Å². The van der Waals surface area contributed by atoms with Crippen LogP contribution in [0.1, 0.15) is 109 Å². The van der Waals surface area contributed by atoms with Gasteiger partial charge < -0.3 is 4.89 Å². The van der Waals surface area contributed by atoms with Crippen molar-refractivity contribution in [3.8, 4) is 11.1 Å². The molecule has 0 aliphatic carbocycles. The molecule has 1 N–H and O–H groups in total. The Balaban J connectivity index is 2.06. The van der Waals surface area contributed by atoms with Crippen molar-refractivity contribution in [2.45, 2.75) is 92.3 Å². The van der Waals surface area contributed by atoms with Gasteiger partial charge in [-0.3, -0.25) is 9.05 Å². The molecule has 0 aromatic heterocycles. The standard InChI is InChI=1S/C38H45O3P/c1-23-21-29(37(5,6)7)33-31(25(23)3)32-26(4)24(2)22-30(38(8,9)10)34(32)36(28-19-15-12-16-20-28)41-42(39)40-35(33)27-17-13-11-14-18-27/h11-22,35-36,39H,1-10H3/t35-,36?,42?/m0/s1. The van der Waals surface area contributed by atoms with E-state index in [1.165, 1.54) is 44.5 Å². The number of benzene rings is 4. The highest BCUT2D eigenvalue weighted by atomic mass is 31.2. The van der Waals surface area contributed by atoms with E-state index in [-0.39, 0.29) is 10.8 Å². The lowest BCUT2D eigenvalue weighted by Gasteiger charge is -2.34. The number of hydrogen-bond donors (Lipinski definition) is 1. The second-order valence-corrected chi connectivity index (χ2v) is 14.7. The fraction of sp³-hybridized carbons (Fsp3) is 0.368. The summed E-state index contributed by atoms with van der Waals surface area (Å²) in [6.07, 6.45) is -1.02. The Labute approximate surface area is 253 Å². The van der Waals surface area contributed by atoms with Gasteiger partial charge in [-0.15, -0.1) is 0 Å². The molecule has 0 saturated carbocycles. The number of rotatable bonds is 2. The molecule has 0 bridgehead atoms. The van der Waals surface area contributed by atoms with Crippen LogP contribution in [-0.2, 0) is 19.9 Å². The molecule has 42 heavy (non-hydrogen) atoms. The minimum atomic E-state index is -2.26. The number of fused-ring (bicyclic) bond motifs is 3. The van der Waals surface area contributed by atoms with E-state index < -0.39 is 20.8 Å². The van der Waals surface area contributed by atoms with E-state index >= 15 is 0 Å². The van der Waals surface area contributed by atoms with Crippen LogP contribution in [0.15, 0.2) is 72.8 Å². The summed E-state index contributed by atoms with van der Waals surface area (Å²) in [7, 11) is -2.26. The first-order valence-electron chi connectivity index (χ1n) is 14.9. The van der Waals surface area contributed by atoms with E-state index in [9.17, 15) is 4.89 Å². The van der Waals surface area contributed by atoms with Crippen LogP contribution in [-0.4, -0.2) is 4.89 Å². The molecule has 4 heteroatoms. The van der Waals surface area contributed by atoms with Crippen LogP contribution in [0.4, 0.5) is 0 Å². The molecule has 2 unspecified atom stereocenters. The third-order valence-corrected chi connectivity index (χ3v) is 9.54. The third kappa shape index (κ3) is 5.61. The maximum absolute atomic E-state index is 11.7. The highest BCUT2D eigenvalue weighted by Gasteiger charge is 2.39. The largest absolute Gasteiger partial charge is 0.331 e. The van der Waals surface area contributed by atoms with Gasteiger partial charge in [0.1, 0.15) is 12.2 Å². The maximum Gasteiger partial charge on any atom is 0.331 e. The predicted molar refractivity (Wildman–Crippen MR) is 176 cm³/mol. The van der Waals surface area contributed by atoms with E-state index in [0.717, 1.165) is 22.3 Å². The van der Waals surface area contributed by atoms with Crippen LogP contribution in [0.25, 0.3) is 11.1 Å². The zero-order valence-electron chi connectivity index (χ0n) is 26.8. The van der Waals surface area contributed by atoms with Crippen LogP contribution >= 0.6 is 8.60 Å². The van der Waals surface area contributed by atoms with E-state index in [4.69, 9.17) is 9.05 Å². The van der Waals surface area contributed by atoms with Crippen molar-refractivity contribution >= 4 is 8.60 Å². The van der Waals surface area contributed by atoms with Crippen molar-refractivity contribution in [2.75, 3.05) is 0 Å². The molecule has 3 nitrogen and oxygen atoms in total. The van der Waals surface area contributed by atoms with Crippen LogP contribution in [0.2, 0.25) is 0 Å². The van der Waals surface area contributed by atoms with Crippen molar-refractivity contribution in [1.29, 1.82) is 0 Å². The van der Waals surface area contributed by atoms with Crippen LogP contribution < -0.4 is 0 Å². The van der Waals surface area contributed by atoms with Gasteiger partial charge in [0, 0.05) is 0 Å². The zero-order chi connectivity index (χ0) is 30.6. The van der Waals surface area contributed by atoms with E-state index in [1.807, 2.05) is 36.4 Å². The lowest BCUT2D eigenvalue weighted by atomic mass is 9.71. The molecule has 0 spiro atoms. The van der Waals surface area contributed by atoms with Gasteiger partial charge in [0.2, 0.25) is 0 Å². The first-order valence-corrected chi connectivity index (χ1v) is 16.0. The Bertz CT molecular complexity index is 1470. The zero-order valence-corrected chi connectivity index (χ0v) is 27.7. The van der Waals surface area contributed by atoms with Gasteiger partial charge in [-0.25, -0.2) is 0 Å².